The van der Waals surface area contributed by atoms with Crippen molar-refractivity contribution in [3.8, 4) is 11.8 Å². The lowest BCUT2D eigenvalue weighted by atomic mass is 9.85. The maximum Gasteiger partial charge on any atom is 0.330 e. The van der Waals surface area contributed by atoms with Gasteiger partial charge >= 0.3 is 5.97 Å². The summed E-state index contributed by atoms with van der Waals surface area (Å²) in [6, 6.07) is 0. The van der Waals surface area contributed by atoms with Crippen LogP contribution in [0, 0.1) is 23.7 Å². The molecule has 194 valence electrons. The van der Waals surface area contributed by atoms with Crippen molar-refractivity contribution >= 4 is 5.97 Å². The maximum absolute atomic E-state index is 11.0. The molecule has 0 bridgehead atoms. The Morgan fingerprint density at radius 1 is 0.706 bits per heavy atom. The van der Waals surface area contributed by atoms with Gasteiger partial charge in [-0.15, -0.1) is 0 Å². The minimum atomic E-state index is -0.335. The van der Waals surface area contributed by atoms with Gasteiger partial charge in [-0.2, -0.15) is 0 Å². The third kappa shape index (κ3) is 13.5. The van der Waals surface area contributed by atoms with Crippen molar-refractivity contribution in [3.05, 3.63) is 12.7 Å². The van der Waals surface area contributed by atoms with Gasteiger partial charge < -0.3 is 19.3 Å². The zero-order valence-electron chi connectivity index (χ0n) is 21.3. The number of carbonyl (C=O) groups excluding carboxylic acids is 1. The molecule has 0 amide bonds. The van der Waals surface area contributed by atoms with Crippen LogP contribution in [0.5, 0.6) is 0 Å². The average molecular weight is 477 g/mol. The second-order valence-corrected chi connectivity index (χ2v) is 9.90. The molecule has 0 aromatic heterocycles. The van der Waals surface area contributed by atoms with Gasteiger partial charge in [0, 0.05) is 37.7 Å². The Kier molecular flexibility index (Phi) is 16.1. The summed E-state index contributed by atoms with van der Waals surface area (Å²) in [7, 11) is 0. The lowest BCUT2D eigenvalue weighted by Crippen LogP contribution is -2.22. The summed E-state index contributed by atoms with van der Waals surface area (Å²) < 4.78 is 17.1. The monoisotopic (exact) mass is 476 g/mol. The second-order valence-electron chi connectivity index (χ2n) is 9.90. The van der Waals surface area contributed by atoms with Crippen LogP contribution in [0.3, 0.4) is 0 Å². The summed E-state index contributed by atoms with van der Waals surface area (Å²) in [5, 5.41) is 8.81. The van der Waals surface area contributed by atoms with Gasteiger partial charge in [0.15, 0.2) is 0 Å². The molecule has 2 rings (SSSR count). The van der Waals surface area contributed by atoms with E-state index in [1.54, 1.807) is 0 Å². The fraction of sp³-hybridized carbons (Fsp3) is 0.828. The molecule has 5 heteroatoms. The van der Waals surface area contributed by atoms with E-state index in [-0.39, 0.29) is 5.97 Å². The second kappa shape index (κ2) is 18.9. The van der Waals surface area contributed by atoms with Crippen molar-refractivity contribution in [2.24, 2.45) is 11.8 Å². The van der Waals surface area contributed by atoms with Crippen LogP contribution in [0.25, 0.3) is 0 Å². The number of esters is 1. The lowest BCUT2D eigenvalue weighted by Gasteiger charge is -2.27. The van der Waals surface area contributed by atoms with Crippen LogP contribution >= 0.6 is 0 Å². The van der Waals surface area contributed by atoms with Gasteiger partial charge in [-0.1, -0.05) is 37.7 Å². The lowest BCUT2D eigenvalue weighted by molar-refractivity contribution is -0.137. The van der Waals surface area contributed by atoms with E-state index in [0.717, 1.165) is 90.3 Å². The first-order chi connectivity index (χ1) is 16.7. The van der Waals surface area contributed by atoms with E-state index in [0.29, 0.717) is 37.3 Å². The highest BCUT2D eigenvalue weighted by molar-refractivity contribution is 5.81. The largest absolute Gasteiger partial charge is 0.463 e. The van der Waals surface area contributed by atoms with Crippen molar-refractivity contribution in [3.63, 3.8) is 0 Å². The molecule has 0 spiro atoms. The molecule has 2 saturated carbocycles. The number of unbranched alkanes of at least 4 members (excludes halogenated alkanes) is 6. The first-order valence-corrected chi connectivity index (χ1v) is 13.9. The first-order valence-electron chi connectivity index (χ1n) is 13.9. The summed E-state index contributed by atoms with van der Waals surface area (Å²) in [5.74, 6) is 7.96. The third-order valence-electron chi connectivity index (χ3n) is 7.05. The molecular formula is C29H48O5. The van der Waals surface area contributed by atoms with E-state index < -0.39 is 0 Å². The standard InChI is InChI=1S/C29H48O5/c1-2-29(31)34-24-10-6-5-9-23-33-28-19-15-26(16-20-28)12-11-25-13-17-27(18-14-25)32-22-8-4-3-7-21-30/h2,25-28,30H,1,3-10,13-24H2. The maximum atomic E-state index is 11.0. The van der Waals surface area contributed by atoms with Crippen LogP contribution < -0.4 is 0 Å². The Morgan fingerprint density at radius 2 is 1.15 bits per heavy atom. The Morgan fingerprint density at radius 3 is 1.59 bits per heavy atom. The van der Waals surface area contributed by atoms with Crippen molar-refractivity contribution < 1.29 is 24.1 Å². The summed E-state index contributed by atoms with van der Waals surface area (Å²) in [6.07, 6.45) is 19.8. The van der Waals surface area contributed by atoms with Crippen LogP contribution in [0.1, 0.15) is 103 Å². The Balaban J connectivity index is 1.44. The highest BCUT2D eigenvalue weighted by Gasteiger charge is 2.22. The molecule has 34 heavy (non-hydrogen) atoms. The molecule has 0 radical (unpaired) electrons. The van der Waals surface area contributed by atoms with Crippen molar-refractivity contribution in [1.29, 1.82) is 0 Å². The fourth-order valence-electron chi connectivity index (χ4n) is 4.84. The summed E-state index contributed by atoms with van der Waals surface area (Å²) >= 11 is 0. The van der Waals surface area contributed by atoms with Crippen LogP contribution in [0.4, 0.5) is 0 Å². The Labute approximate surface area is 208 Å². The van der Waals surface area contributed by atoms with Crippen LogP contribution in [-0.4, -0.2) is 49.7 Å². The van der Waals surface area contributed by atoms with Crippen molar-refractivity contribution in [1.82, 2.24) is 0 Å². The van der Waals surface area contributed by atoms with Gasteiger partial charge in [-0.3, -0.25) is 0 Å². The van der Waals surface area contributed by atoms with E-state index in [9.17, 15) is 4.79 Å². The van der Waals surface area contributed by atoms with Crippen LogP contribution in [0.2, 0.25) is 0 Å². The number of aliphatic hydroxyl groups is 1. The van der Waals surface area contributed by atoms with Crippen LogP contribution in [-0.2, 0) is 19.0 Å². The smallest absolute Gasteiger partial charge is 0.330 e. The molecule has 2 fully saturated rings. The molecule has 0 saturated heterocycles. The topological polar surface area (TPSA) is 65.0 Å². The zero-order chi connectivity index (χ0) is 24.3. The molecule has 1 N–H and O–H groups in total. The molecular weight excluding hydrogens is 428 g/mol. The average Bonchev–Trinajstić information content (AvgIpc) is 2.87. The molecule has 0 aromatic rings. The molecule has 2 aliphatic rings. The number of carbonyl (C=O) groups is 1. The number of aliphatic hydroxyl groups excluding tert-OH is 1. The molecule has 0 aromatic carbocycles. The zero-order valence-corrected chi connectivity index (χ0v) is 21.3. The van der Waals surface area contributed by atoms with E-state index >= 15 is 0 Å². The quantitative estimate of drug-likeness (QED) is 0.128. The van der Waals surface area contributed by atoms with E-state index in [1.807, 2.05) is 0 Å². The van der Waals surface area contributed by atoms with E-state index in [4.69, 9.17) is 19.3 Å². The summed E-state index contributed by atoms with van der Waals surface area (Å²) in [5.41, 5.74) is 0. The minimum Gasteiger partial charge on any atom is -0.463 e. The molecule has 0 heterocycles. The molecule has 5 nitrogen and oxygen atoms in total. The first kappa shape index (κ1) is 28.9. The van der Waals surface area contributed by atoms with Gasteiger partial charge in [-0.25, -0.2) is 4.79 Å². The van der Waals surface area contributed by atoms with Gasteiger partial charge in [0.25, 0.3) is 0 Å². The van der Waals surface area contributed by atoms with Gasteiger partial charge in [-0.05, 0) is 83.5 Å². The number of rotatable bonds is 16. The van der Waals surface area contributed by atoms with E-state index in [2.05, 4.69) is 18.4 Å². The highest BCUT2D eigenvalue weighted by atomic mass is 16.5. The number of ether oxygens (including phenoxy) is 3. The highest BCUT2D eigenvalue weighted by Crippen LogP contribution is 2.28. The van der Waals surface area contributed by atoms with E-state index in [1.165, 1.54) is 31.8 Å². The van der Waals surface area contributed by atoms with Gasteiger partial charge in [0.1, 0.15) is 0 Å². The summed E-state index contributed by atoms with van der Waals surface area (Å²) in [6.45, 7) is 5.88. The molecule has 2 aliphatic carbocycles. The van der Waals surface area contributed by atoms with Gasteiger partial charge in [0.2, 0.25) is 0 Å². The third-order valence-corrected chi connectivity index (χ3v) is 7.05. The Hall–Kier alpha value is -1.35. The number of hydrogen-bond donors (Lipinski definition) is 1. The molecule has 0 unspecified atom stereocenters. The van der Waals surface area contributed by atoms with Crippen molar-refractivity contribution in [2.75, 3.05) is 26.4 Å². The number of hydrogen-bond acceptors (Lipinski definition) is 5. The van der Waals surface area contributed by atoms with Crippen molar-refractivity contribution in [2.45, 2.75) is 115 Å². The molecule has 0 atom stereocenters. The van der Waals surface area contributed by atoms with Gasteiger partial charge in [0.05, 0.1) is 18.8 Å². The Bertz CT molecular complexity index is 591. The molecule has 0 aliphatic heterocycles. The SMILES string of the molecule is C=CC(=O)OCCCCCCOC1CCC(C#CC2CCC(OCCCCCCO)CC2)CC1. The minimum absolute atomic E-state index is 0.307. The predicted octanol–water partition coefficient (Wildman–Crippen LogP) is 5.98. The van der Waals surface area contributed by atoms with Crippen LogP contribution in [0.15, 0.2) is 12.7 Å². The predicted molar refractivity (Wildman–Crippen MR) is 136 cm³/mol. The fourth-order valence-corrected chi connectivity index (χ4v) is 4.84. The normalized spacial score (nSPS) is 24.7. The summed E-state index contributed by atoms with van der Waals surface area (Å²) in [4.78, 5) is 11.0.